The number of ether oxygens (including phenoxy) is 1. The lowest BCUT2D eigenvalue weighted by atomic mass is 10.2. The summed E-state index contributed by atoms with van der Waals surface area (Å²) < 4.78 is 7.76. The number of likely N-dealkylation sites (tertiary alicyclic amines) is 1. The number of fused-ring (bicyclic) bond motifs is 1. The zero-order valence-electron chi connectivity index (χ0n) is 19.1. The standard InChI is InChI=1S/C24H22N8O3/c1-14-7-16(9-25)26-11-19(14)35-21-8-18(22-23(30-21)31(2)13-28-22)29-20-4-3-15(10-27-20)24(34)32-6-5-17(33)12-32/h3-4,7-8,10-11,13,17,33H,5-6,12H2,1-2H3,(H,27,29,30)/t17-/m1/s1. The third-order valence-electron chi connectivity index (χ3n) is 5.76. The number of nitrogens with zero attached hydrogens (tertiary/aromatic N) is 7. The Kier molecular flexibility index (Phi) is 5.72. The average Bonchev–Trinajstić information content (AvgIpc) is 3.46. The number of hydrogen-bond acceptors (Lipinski definition) is 9. The minimum absolute atomic E-state index is 0.154. The molecule has 5 rings (SSSR count). The fourth-order valence-corrected chi connectivity index (χ4v) is 3.89. The molecule has 1 atom stereocenters. The maximum Gasteiger partial charge on any atom is 0.255 e. The fourth-order valence-electron chi connectivity index (χ4n) is 3.89. The number of β-amino-alcohol motifs (C(OH)–C–C–N with tert-alkyl or cyclic N) is 1. The molecule has 0 saturated carbocycles. The average molecular weight is 470 g/mol. The summed E-state index contributed by atoms with van der Waals surface area (Å²) in [4.78, 5) is 31.7. The van der Waals surface area contributed by atoms with E-state index in [1.54, 1.807) is 40.1 Å². The molecule has 0 spiro atoms. The number of amides is 1. The van der Waals surface area contributed by atoms with Gasteiger partial charge in [-0.3, -0.25) is 4.79 Å². The van der Waals surface area contributed by atoms with Crippen molar-refractivity contribution in [2.75, 3.05) is 18.4 Å². The van der Waals surface area contributed by atoms with E-state index in [-0.39, 0.29) is 5.91 Å². The Morgan fingerprint density at radius 2 is 2.11 bits per heavy atom. The first-order chi connectivity index (χ1) is 16.9. The Bertz CT molecular complexity index is 1460. The summed E-state index contributed by atoms with van der Waals surface area (Å²) in [6, 6.07) is 8.77. The van der Waals surface area contributed by atoms with Gasteiger partial charge in [0.25, 0.3) is 5.91 Å². The molecule has 0 bridgehead atoms. The summed E-state index contributed by atoms with van der Waals surface area (Å²) in [7, 11) is 1.83. The van der Waals surface area contributed by atoms with Crippen LogP contribution in [-0.4, -0.2) is 59.6 Å². The topological polar surface area (TPSA) is 142 Å². The normalized spacial score (nSPS) is 15.3. The summed E-state index contributed by atoms with van der Waals surface area (Å²) in [5.74, 6) is 1.16. The van der Waals surface area contributed by atoms with Gasteiger partial charge in [-0.15, -0.1) is 0 Å². The molecule has 1 amide bonds. The monoisotopic (exact) mass is 470 g/mol. The largest absolute Gasteiger partial charge is 0.437 e. The molecule has 1 aliphatic heterocycles. The van der Waals surface area contributed by atoms with Gasteiger partial charge in [0.1, 0.15) is 23.1 Å². The number of aliphatic hydroxyl groups excluding tert-OH is 1. The van der Waals surface area contributed by atoms with Crippen LogP contribution in [-0.2, 0) is 7.05 Å². The molecule has 0 aromatic carbocycles. The molecule has 4 aromatic heterocycles. The van der Waals surface area contributed by atoms with E-state index in [1.165, 1.54) is 12.4 Å². The van der Waals surface area contributed by atoms with Crippen LogP contribution in [0.4, 0.5) is 11.5 Å². The van der Waals surface area contributed by atoms with Crippen LogP contribution >= 0.6 is 0 Å². The lowest BCUT2D eigenvalue weighted by Gasteiger charge is -2.15. The Balaban J connectivity index is 1.41. The second kappa shape index (κ2) is 9.00. The molecule has 0 radical (unpaired) electrons. The van der Waals surface area contributed by atoms with Crippen LogP contribution in [0.3, 0.4) is 0 Å². The van der Waals surface area contributed by atoms with Crippen molar-refractivity contribution in [3.05, 3.63) is 59.8 Å². The maximum atomic E-state index is 12.6. The van der Waals surface area contributed by atoms with E-state index >= 15 is 0 Å². The van der Waals surface area contributed by atoms with Gasteiger partial charge in [-0.25, -0.2) is 15.0 Å². The van der Waals surface area contributed by atoms with E-state index in [4.69, 9.17) is 10.00 Å². The van der Waals surface area contributed by atoms with Gasteiger partial charge in [0.05, 0.1) is 29.9 Å². The number of hydrogen-bond donors (Lipinski definition) is 2. The van der Waals surface area contributed by atoms with Gasteiger partial charge in [0, 0.05) is 32.4 Å². The molecule has 0 unspecified atom stereocenters. The van der Waals surface area contributed by atoms with Gasteiger partial charge in [0.15, 0.2) is 11.4 Å². The van der Waals surface area contributed by atoms with Crippen molar-refractivity contribution in [2.45, 2.75) is 19.4 Å². The zero-order chi connectivity index (χ0) is 24.5. The lowest BCUT2D eigenvalue weighted by Crippen LogP contribution is -2.29. The van der Waals surface area contributed by atoms with Crippen molar-refractivity contribution >= 4 is 28.6 Å². The SMILES string of the molecule is Cc1cc(C#N)ncc1Oc1cc(Nc2ccc(C(=O)N3CC[C@@H](O)C3)cn2)c2ncn(C)c2n1. The number of nitrogens with one attached hydrogen (secondary N) is 1. The van der Waals surface area contributed by atoms with E-state index in [9.17, 15) is 9.90 Å². The van der Waals surface area contributed by atoms with Crippen LogP contribution in [0, 0.1) is 18.3 Å². The number of aromatic nitrogens is 5. The summed E-state index contributed by atoms with van der Waals surface area (Å²) in [5.41, 5.74) is 3.37. The lowest BCUT2D eigenvalue weighted by molar-refractivity contribution is 0.0764. The molecule has 35 heavy (non-hydrogen) atoms. The van der Waals surface area contributed by atoms with Gasteiger partial charge >= 0.3 is 0 Å². The number of anilines is 2. The first-order valence-electron chi connectivity index (χ1n) is 11.0. The minimum Gasteiger partial charge on any atom is -0.437 e. The van der Waals surface area contributed by atoms with Crippen LogP contribution < -0.4 is 10.1 Å². The number of carbonyl (C=O) groups excluding carboxylic acids is 1. The summed E-state index contributed by atoms with van der Waals surface area (Å²) in [6.07, 6.45) is 4.77. The molecule has 1 saturated heterocycles. The van der Waals surface area contributed by atoms with Crippen molar-refractivity contribution in [1.29, 1.82) is 5.26 Å². The first kappa shape index (κ1) is 22.2. The van der Waals surface area contributed by atoms with E-state index in [0.29, 0.717) is 65.1 Å². The number of aliphatic hydroxyl groups is 1. The summed E-state index contributed by atoms with van der Waals surface area (Å²) in [5, 5.41) is 22.0. The molecule has 1 aliphatic rings. The quantitative estimate of drug-likeness (QED) is 0.450. The van der Waals surface area contributed by atoms with Crippen molar-refractivity contribution in [2.24, 2.45) is 7.05 Å². The van der Waals surface area contributed by atoms with E-state index in [0.717, 1.165) is 5.56 Å². The van der Waals surface area contributed by atoms with Crippen molar-refractivity contribution < 1.29 is 14.6 Å². The van der Waals surface area contributed by atoms with E-state index in [1.807, 2.05) is 20.0 Å². The van der Waals surface area contributed by atoms with Crippen molar-refractivity contribution in [3.63, 3.8) is 0 Å². The minimum atomic E-state index is -0.472. The smallest absolute Gasteiger partial charge is 0.255 e. The van der Waals surface area contributed by atoms with Crippen LogP contribution in [0.15, 0.2) is 43.0 Å². The van der Waals surface area contributed by atoms with Gasteiger partial charge in [0.2, 0.25) is 5.88 Å². The highest BCUT2D eigenvalue weighted by molar-refractivity contribution is 5.94. The molecular weight excluding hydrogens is 448 g/mol. The zero-order valence-corrected chi connectivity index (χ0v) is 19.1. The summed E-state index contributed by atoms with van der Waals surface area (Å²) in [6.45, 7) is 2.70. The highest BCUT2D eigenvalue weighted by Gasteiger charge is 2.25. The Hall–Kier alpha value is -4.56. The van der Waals surface area contributed by atoms with Gasteiger partial charge in [-0.1, -0.05) is 0 Å². The molecule has 176 valence electrons. The predicted molar refractivity (Wildman–Crippen MR) is 126 cm³/mol. The third-order valence-corrected chi connectivity index (χ3v) is 5.76. The van der Waals surface area contributed by atoms with Crippen molar-refractivity contribution in [1.82, 2.24) is 29.4 Å². The first-order valence-corrected chi connectivity index (χ1v) is 11.0. The molecule has 4 aromatic rings. The Morgan fingerprint density at radius 1 is 1.26 bits per heavy atom. The number of rotatable bonds is 5. The maximum absolute atomic E-state index is 12.6. The van der Waals surface area contributed by atoms with E-state index < -0.39 is 6.10 Å². The fraction of sp³-hybridized carbons (Fsp3) is 0.250. The Morgan fingerprint density at radius 3 is 2.80 bits per heavy atom. The molecule has 0 aliphatic carbocycles. The van der Waals surface area contributed by atoms with Crippen LogP contribution in [0.25, 0.3) is 11.2 Å². The number of nitriles is 1. The van der Waals surface area contributed by atoms with Crippen LogP contribution in [0.1, 0.15) is 28.0 Å². The second-order valence-corrected chi connectivity index (χ2v) is 8.34. The molecule has 5 heterocycles. The van der Waals surface area contributed by atoms with Crippen molar-refractivity contribution in [3.8, 4) is 17.7 Å². The Labute approximate surface area is 200 Å². The number of imidazole rings is 1. The van der Waals surface area contributed by atoms with Gasteiger partial charge < -0.3 is 24.6 Å². The summed E-state index contributed by atoms with van der Waals surface area (Å²) >= 11 is 0. The third kappa shape index (κ3) is 4.47. The highest BCUT2D eigenvalue weighted by atomic mass is 16.5. The molecule has 1 fully saturated rings. The number of aryl methyl sites for hydroxylation is 2. The molecular formula is C24H22N8O3. The molecule has 11 heteroatoms. The number of pyridine rings is 3. The van der Waals surface area contributed by atoms with Gasteiger partial charge in [-0.2, -0.15) is 10.2 Å². The predicted octanol–water partition coefficient (Wildman–Crippen LogP) is 2.68. The molecule has 2 N–H and O–H groups in total. The van der Waals surface area contributed by atoms with Crippen LogP contribution in [0.2, 0.25) is 0 Å². The van der Waals surface area contributed by atoms with E-state index in [2.05, 4.69) is 25.3 Å². The molecule has 11 nitrogen and oxygen atoms in total. The van der Waals surface area contributed by atoms with Gasteiger partial charge in [-0.05, 0) is 37.1 Å². The highest BCUT2D eigenvalue weighted by Crippen LogP contribution is 2.31. The number of carbonyl (C=O) groups is 1. The van der Waals surface area contributed by atoms with Crippen LogP contribution in [0.5, 0.6) is 11.6 Å². The second-order valence-electron chi connectivity index (χ2n) is 8.34.